The second kappa shape index (κ2) is 7.54. The minimum Gasteiger partial charge on any atom is -0.308 e. The Morgan fingerprint density at radius 3 is 2.42 bits per heavy atom. The summed E-state index contributed by atoms with van der Waals surface area (Å²) in [6.07, 6.45) is 2.52. The fourth-order valence-corrected chi connectivity index (χ4v) is 6.45. The third-order valence-electron chi connectivity index (χ3n) is 6.14. The van der Waals surface area contributed by atoms with Gasteiger partial charge in [-0.3, -0.25) is 9.10 Å². The zero-order chi connectivity index (χ0) is 21.6. The second-order valence-corrected chi connectivity index (χ2v) is 10.0. The molecule has 5 rings (SSSR count). The first-order valence-electron chi connectivity index (χ1n) is 10.6. The summed E-state index contributed by atoms with van der Waals surface area (Å²) in [7, 11) is -3.79. The average Bonchev–Trinajstić information content (AvgIpc) is 3.14. The summed E-state index contributed by atoms with van der Waals surface area (Å²) in [5, 5.41) is 0. The number of fused-ring (bicyclic) bond motifs is 2. The van der Waals surface area contributed by atoms with Gasteiger partial charge in [-0.2, -0.15) is 0 Å². The fourth-order valence-electron chi connectivity index (χ4n) is 4.71. The minimum absolute atomic E-state index is 0.146. The van der Waals surface area contributed by atoms with Crippen molar-refractivity contribution in [3.8, 4) is 0 Å². The lowest BCUT2D eigenvalue weighted by Crippen LogP contribution is -2.37. The standard InChI is InChI=1S/C25H24N2O3S/c1-18-16-20-9-3-5-14-24(20)27(18)31(29,30)22-12-6-10-21(17-22)25(28)26-15-7-11-19-8-2-4-13-23(19)26/h2-6,8-10,12-14,17-18H,7,11,15-16H2,1H3/t18-/m0/s1. The number of carbonyl (C=O) groups is 1. The van der Waals surface area contributed by atoms with Crippen molar-refractivity contribution in [3.05, 3.63) is 89.5 Å². The van der Waals surface area contributed by atoms with Gasteiger partial charge >= 0.3 is 0 Å². The Morgan fingerprint density at radius 2 is 1.61 bits per heavy atom. The molecule has 0 radical (unpaired) electrons. The van der Waals surface area contributed by atoms with Crippen LogP contribution in [0.1, 0.15) is 34.8 Å². The van der Waals surface area contributed by atoms with Crippen LogP contribution in [0.15, 0.2) is 77.7 Å². The zero-order valence-corrected chi connectivity index (χ0v) is 18.2. The van der Waals surface area contributed by atoms with E-state index >= 15 is 0 Å². The fraction of sp³-hybridized carbons (Fsp3) is 0.240. The number of benzene rings is 3. The lowest BCUT2D eigenvalue weighted by atomic mass is 10.0. The molecule has 2 aliphatic heterocycles. The van der Waals surface area contributed by atoms with Gasteiger partial charge in [-0.05, 0) is 67.6 Å². The third kappa shape index (κ3) is 3.31. The van der Waals surface area contributed by atoms with E-state index in [0.29, 0.717) is 18.5 Å². The molecular weight excluding hydrogens is 408 g/mol. The quantitative estimate of drug-likeness (QED) is 0.616. The summed E-state index contributed by atoms with van der Waals surface area (Å²) >= 11 is 0. The molecule has 0 fully saturated rings. The van der Waals surface area contributed by atoms with E-state index in [-0.39, 0.29) is 16.8 Å². The van der Waals surface area contributed by atoms with E-state index in [9.17, 15) is 13.2 Å². The van der Waals surface area contributed by atoms with Crippen molar-refractivity contribution >= 4 is 27.3 Å². The van der Waals surface area contributed by atoms with Crippen LogP contribution < -0.4 is 9.21 Å². The van der Waals surface area contributed by atoms with Crippen LogP contribution in [0.5, 0.6) is 0 Å². The summed E-state index contributed by atoms with van der Waals surface area (Å²) in [6.45, 7) is 2.54. The third-order valence-corrected chi connectivity index (χ3v) is 8.06. The smallest absolute Gasteiger partial charge is 0.264 e. The van der Waals surface area contributed by atoms with Crippen LogP contribution in [-0.4, -0.2) is 26.9 Å². The van der Waals surface area contributed by atoms with Gasteiger partial charge in [-0.25, -0.2) is 8.42 Å². The number of nitrogens with zero attached hydrogens (tertiary/aromatic N) is 2. The van der Waals surface area contributed by atoms with Crippen LogP contribution in [0.2, 0.25) is 0 Å². The first kappa shape index (κ1) is 19.8. The summed E-state index contributed by atoms with van der Waals surface area (Å²) in [5.74, 6) is -0.168. The van der Waals surface area contributed by atoms with E-state index in [1.807, 2.05) is 55.5 Å². The van der Waals surface area contributed by atoms with Crippen LogP contribution in [0, 0.1) is 0 Å². The van der Waals surface area contributed by atoms with Gasteiger partial charge in [-0.15, -0.1) is 0 Å². The SMILES string of the molecule is C[C@H]1Cc2ccccc2N1S(=O)(=O)c1cccc(C(=O)N2CCCc3ccccc32)c1. The van der Waals surface area contributed by atoms with Crippen LogP contribution >= 0.6 is 0 Å². The number of hydrogen-bond donors (Lipinski definition) is 0. The van der Waals surface area contributed by atoms with Gasteiger partial charge in [0.2, 0.25) is 0 Å². The molecule has 31 heavy (non-hydrogen) atoms. The molecule has 2 heterocycles. The van der Waals surface area contributed by atoms with Crippen molar-refractivity contribution in [3.63, 3.8) is 0 Å². The van der Waals surface area contributed by atoms with Crippen LogP contribution in [0.4, 0.5) is 11.4 Å². The van der Waals surface area contributed by atoms with Gasteiger partial charge in [0.15, 0.2) is 0 Å². The number of sulfonamides is 1. The van der Waals surface area contributed by atoms with Crippen LogP contribution in [-0.2, 0) is 22.9 Å². The van der Waals surface area contributed by atoms with Gasteiger partial charge in [0.25, 0.3) is 15.9 Å². The molecular formula is C25H24N2O3S. The predicted octanol–water partition coefficient (Wildman–Crippen LogP) is 4.42. The number of rotatable bonds is 3. The minimum atomic E-state index is -3.79. The molecule has 0 unspecified atom stereocenters. The maximum atomic E-state index is 13.6. The second-order valence-electron chi connectivity index (χ2n) is 8.20. The topological polar surface area (TPSA) is 57.7 Å². The van der Waals surface area contributed by atoms with Crippen molar-refractivity contribution < 1.29 is 13.2 Å². The molecule has 0 aliphatic carbocycles. The Balaban J connectivity index is 1.51. The lowest BCUT2D eigenvalue weighted by Gasteiger charge is -2.30. The summed E-state index contributed by atoms with van der Waals surface area (Å²) in [4.78, 5) is 15.3. The maximum Gasteiger partial charge on any atom is 0.264 e. The molecule has 158 valence electrons. The summed E-state index contributed by atoms with van der Waals surface area (Å²) in [6, 6.07) is 21.8. The molecule has 0 N–H and O–H groups in total. The molecule has 2 aliphatic rings. The Bertz CT molecular complexity index is 1270. The molecule has 5 nitrogen and oxygen atoms in total. The number of anilines is 2. The Kier molecular flexibility index (Phi) is 4.82. The molecule has 1 atom stereocenters. The van der Waals surface area contributed by atoms with E-state index < -0.39 is 10.0 Å². The highest BCUT2D eigenvalue weighted by molar-refractivity contribution is 7.92. The molecule has 3 aromatic rings. The summed E-state index contributed by atoms with van der Waals surface area (Å²) in [5.41, 5.74) is 4.19. The average molecular weight is 433 g/mol. The number of amides is 1. The monoisotopic (exact) mass is 432 g/mol. The van der Waals surface area contributed by atoms with E-state index in [1.165, 1.54) is 10.4 Å². The number of para-hydroxylation sites is 2. The Hall–Kier alpha value is -3.12. The van der Waals surface area contributed by atoms with Crippen molar-refractivity contribution in [1.29, 1.82) is 0 Å². The van der Waals surface area contributed by atoms with Crippen molar-refractivity contribution in [2.45, 2.75) is 37.1 Å². The molecule has 6 heteroatoms. The maximum absolute atomic E-state index is 13.6. The highest BCUT2D eigenvalue weighted by Crippen LogP contribution is 2.37. The van der Waals surface area contributed by atoms with Gasteiger partial charge in [0.05, 0.1) is 10.6 Å². The molecule has 0 aromatic heterocycles. The first-order valence-corrected chi connectivity index (χ1v) is 12.0. The van der Waals surface area contributed by atoms with Crippen molar-refractivity contribution in [2.24, 2.45) is 0 Å². The Labute approximate surface area is 183 Å². The van der Waals surface area contributed by atoms with Crippen molar-refractivity contribution in [2.75, 3.05) is 15.7 Å². The molecule has 0 bridgehead atoms. The van der Waals surface area contributed by atoms with Crippen molar-refractivity contribution in [1.82, 2.24) is 0 Å². The Morgan fingerprint density at radius 1 is 0.903 bits per heavy atom. The van der Waals surface area contributed by atoms with Gasteiger partial charge in [-0.1, -0.05) is 42.5 Å². The first-order chi connectivity index (χ1) is 15.0. The molecule has 0 saturated carbocycles. The van der Waals surface area contributed by atoms with E-state index in [2.05, 4.69) is 0 Å². The summed E-state index contributed by atoms with van der Waals surface area (Å²) < 4.78 is 28.6. The van der Waals surface area contributed by atoms with Gasteiger partial charge < -0.3 is 4.90 Å². The highest BCUT2D eigenvalue weighted by Gasteiger charge is 2.36. The molecule has 3 aromatic carbocycles. The highest BCUT2D eigenvalue weighted by atomic mass is 32.2. The molecule has 1 amide bonds. The lowest BCUT2D eigenvalue weighted by molar-refractivity contribution is 0.0985. The van der Waals surface area contributed by atoms with Crippen LogP contribution in [0.25, 0.3) is 0 Å². The largest absolute Gasteiger partial charge is 0.308 e. The van der Waals surface area contributed by atoms with E-state index in [1.54, 1.807) is 23.1 Å². The molecule has 0 saturated heterocycles. The normalized spacial score (nSPS) is 17.9. The predicted molar refractivity (Wildman–Crippen MR) is 122 cm³/mol. The number of aryl methyl sites for hydroxylation is 1. The van der Waals surface area contributed by atoms with Gasteiger partial charge in [0.1, 0.15) is 0 Å². The zero-order valence-electron chi connectivity index (χ0n) is 17.4. The van der Waals surface area contributed by atoms with E-state index in [4.69, 9.17) is 0 Å². The number of carbonyl (C=O) groups excluding carboxylic acids is 1. The van der Waals surface area contributed by atoms with Gasteiger partial charge in [0, 0.05) is 23.8 Å². The number of hydrogen-bond acceptors (Lipinski definition) is 3. The molecule has 0 spiro atoms. The van der Waals surface area contributed by atoms with E-state index in [0.717, 1.165) is 35.3 Å². The van der Waals surface area contributed by atoms with Crippen LogP contribution in [0.3, 0.4) is 0 Å².